The molecular formula is C15H21N3O3. The van der Waals surface area contributed by atoms with E-state index in [9.17, 15) is 14.7 Å². The summed E-state index contributed by atoms with van der Waals surface area (Å²) in [6.45, 7) is 1.91. The number of hydrogen-bond donors (Lipinski definition) is 2. The van der Waals surface area contributed by atoms with Crippen LogP contribution >= 0.6 is 0 Å². The number of aromatic nitrogens is 2. The molecule has 4 rings (SSSR count). The summed E-state index contributed by atoms with van der Waals surface area (Å²) in [6, 6.07) is 1.80. The SMILES string of the molecule is Cc1cc(NC(=O)C2C3CCC(CC3)C2C(=O)O)nn1C. The van der Waals surface area contributed by atoms with Gasteiger partial charge in [0.15, 0.2) is 5.82 Å². The maximum atomic E-state index is 12.6. The number of carboxylic acids is 1. The minimum absolute atomic E-state index is 0.147. The Morgan fingerprint density at radius 1 is 1.24 bits per heavy atom. The quantitative estimate of drug-likeness (QED) is 0.889. The number of fused-ring (bicyclic) bond motifs is 3. The Balaban J connectivity index is 1.80. The molecule has 3 aliphatic rings. The molecule has 6 nitrogen and oxygen atoms in total. The highest BCUT2D eigenvalue weighted by Gasteiger charge is 2.50. The number of carbonyl (C=O) groups is 2. The van der Waals surface area contributed by atoms with Crippen LogP contribution in [0.4, 0.5) is 5.82 Å². The predicted octanol–water partition coefficient (Wildman–Crippen LogP) is 1.80. The van der Waals surface area contributed by atoms with Gasteiger partial charge in [-0.05, 0) is 44.4 Å². The second-order valence-corrected chi connectivity index (χ2v) is 6.35. The molecule has 2 atom stereocenters. The van der Waals surface area contributed by atoms with E-state index in [1.165, 1.54) is 0 Å². The van der Waals surface area contributed by atoms with Crippen molar-refractivity contribution in [1.82, 2.24) is 9.78 Å². The topological polar surface area (TPSA) is 84.2 Å². The molecule has 0 saturated heterocycles. The number of rotatable bonds is 3. The zero-order chi connectivity index (χ0) is 15.1. The van der Waals surface area contributed by atoms with Crippen molar-refractivity contribution >= 4 is 17.7 Å². The van der Waals surface area contributed by atoms with Gasteiger partial charge in [0.25, 0.3) is 0 Å². The van der Waals surface area contributed by atoms with Gasteiger partial charge in [-0.2, -0.15) is 5.10 Å². The maximum absolute atomic E-state index is 12.6. The van der Waals surface area contributed by atoms with E-state index in [1.807, 2.05) is 14.0 Å². The molecule has 0 spiro atoms. The zero-order valence-electron chi connectivity index (χ0n) is 12.4. The third-order valence-corrected chi connectivity index (χ3v) is 5.17. The minimum Gasteiger partial charge on any atom is -0.481 e. The molecule has 114 valence electrons. The summed E-state index contributed by atoms with van der Waals surface area (Å²) in [5.74, 6) is -1.13. The molecule has 1 aromatic rings. The molecule has 0 aromatic carbocycles. The van der Waals surface area contributed by atoms with Crippen molar-refractivity contribution in [3.8, 4) is 0 Å². The molecule has 1 amide bonds. The lowest BCUT2D eigenvalue weighted by molar-refractivity contribution is -0.156. The number of hydrogen-bond acceptors (Lipinski definition) is 3. The van der Waals surface area contributed by atoms with E-state index in [0.717, 1.165) is 31.4 Å². The van der Waals surface area contributed by atoms with E-state index in [2.05, 4.69) is 10.4 Å². The van der Waals surface area contributed by atoms with Gasteiger partial charge in [-0.25, -0.2) is 0 Å². The predicted molar refractivity (Wildman–Crippen MR) is 76.6 cm³/mol. The van der Waals surface area contributed by atoms with Gasteiger partial charge in [-0.3, -0.25) is 14.3 Å². The Bertz CT molecular complexity index is 553. The van der Waals surface area contributed by atoms with Crippen LogP contribution in [0.25, 0.3) is 0 Å². The van der Waals surface area contributed by atoms with Crippen LogP contribution in [0.5, 0.6) is 0 Å². The van der Waals surface area contributed by atoms with Crippen LogP contribution in [0.15, 0.2) is 6.07 Å². The molecule has 1 heterocycles. The van der Waals surface area contributed by atoms with E-state index >= 15 is 0 Å². The van der Waals surface area contributed by atoms with Gasteiger partial charge >= 0.3 is 5.97 Å². The van der Waals surface area contributed by atoms with Crippen molar-refractivity contribution in [3.05, 3.63) is 11.8 Å². The number of aliphatic carboxylic acids is 1. The Morgan fingerprint density at radius 2 is 1.81 bits per heavy atom. The first-order chi connectivity index (χ1) is 9.97. The molecule has 0 radical (unpaired) electrons. The van der Waals surface area contributed by atoms with Gasteiger partial charge in [-0.1, -0.05) is 0 Å². The van der Waals surface area contributed by atoms with E-state index in [0.29, 0.717) is 5.82 Å². The maximum Gasteiger partial charge on any atom is 0.307 e. The fourth-order valence-corrected chi connectivity index (χ4v) is 4.01. The normalized spacial score (nSPS) is 31.1. The van der Waals surface area contributed by atoms with Crippen molar-refractivity contribution in [2.45, 2.75) is 32.6 Å². The van der Waals surface area contributed by atoms with Gasteiger partial charge in [0.1, 0.15) is 0 Å². The van der Waals surface area contributed by atoms with Gasteiger partial charge in [0, 0.05) is 18.8 Å². The highest BCUT2D eigenvalue weighted by Crippen LogP contribution is 2.49. The van der Waals surface area contributed by atoms with Crippen LogP contribution in [0.3, 0.4) is 0 Å². The summed E-state index contributed by atoms with van der Waals surface area (Å²) < 4.78 is 1.69. The van der Waals surface area contributed by atoms with Crippen molar-refractivity contribution < 1.29 is 14.7 Å². The van der Waals surface area contributed by atoms with Crippen molar-refractivity contribution in [2.75, 3.05) is 5.32 Å². The van der Waals surface area contributed by atoms with Crippen LogP contribution in [0.1, 0.15) is 31.4 Å². The van der Waals surface area contributed by atoms with Crippen molar-refractivity contribution in [3.63, 3.8) is 0 Å². The summed E-state index contributed by atoms with van der Waals surface area (Å²) >= 11 is 0. The molecule has 3 aliphatic carbocycles. The number of aryl methyl sites for hydroxylation is 2. The third-order valence-electron chi connectivity index (χ3n) is 5.17. The number of carbonyl (C=O) groups excluding carboxylic acids is 1. The van der Waals surface area contributed by atoms with Crippen LogP contribution in [0, 0.1) is 30.6 Å². The Labute approximate surface area is 123 Å². The molecule has 3 saturated carbocycles. The summed E-state index contributed by atoms with van der Waals surface area (Å²) in [7, 11) is 1.81. The smallest absolute Gasteiger partial charge is 0.307 e. The number of carboxylic acid groups (broad SMARTS) is 1. The van der Waals surface area contributed by atoms with Gasteiger partial charge in [0.2, 0.25) is 5.91 Å². The van der Waals surface area contributed by atoms with Crippen molar-refractivity contribution in [1.29, 1.82) is 0 Å². The van der Waals surface area contributed by atoms with Gasteiger partial charge < -0.3 is 10.4 Å². The number of nitrogens with zero attached hydrogens (tertiary/aromatic N) is 2. The molecule has 3 fully saturated rings. The van der Waals surface area contributed by atoms with Gasteiger partial charge in [0.05, 0.1) is 11.8 Å². The standard InChI is InChI=1S/C15H21N3O3/c1-8-7-11(17-18(8)2)16-14(19)12-9-3-5-10(6-4-9)13(12)15(20)21/h7,9-10,12-13H,3-6H2,1-2H3,(H,20,21)(H,16,17,19). The summed E-state index contributed by atoms with van der Waals surface area (Å²) in [5, 5.41) is 16.5. The van der Waals surface area contributed by atoms with Gasteiger partial charge in [-0.15, -0.1) is 0 Å². The molecule has 0 aliphatic heterocycles. The number of nitrogens with one attached hydrogen (secondary N) is 1. The largest absolute Gasteiger partial charge is 0.481 e. The zero-order valence-corrected chi connectivity index (χ0v) is 12.4. The lowest BCUT2D eigenvalue weighted by Crippen LogP contribution is -2.49. The van der Waals surface area contributed by atoms with Crippen LogP contribution < -0.4 is 5.32 Å². The highest BCUT2D eigenvalue weighted by molar-refractivity contribution is 5.95. The summed E-state index contributed by atoms with van der Waals surface area (Å²) in [5.41, 5.74) is 0.949. The molecule has 2 N–H and O–H groups in total. The lowest BCUT2D eigenvalue weighted by atomic mass is 9.58. The average Bonchev–Trinajstić information content (AvgIpc) is 2.77. The second kappa shape index (κ2) is 5.16. The molecule has 2 unspecified atom stereocenters. The number of anilines is 1. The molecule has 2 bridgehead atoms. The first kappa shape index (κ1) is 14.1. The third kappa shape index (κ3) is 2.43. The van der Waals surface area contributed by atoms with E-state index < -0.39 is 17.8 Å². The van der Waals surface area contributed by atoms with Crippen LogP contribution in [-0.2, 0) is 16.6 Å². The van der Waals surface area contributed by atoms with E-state index in [-0.39, 0.29) is 17.7 Å². The molecular weight excluding hydrogens is 270 g/mol. The first-order valence-corrected chi connectivity index (χ1v) is 7.51. The lowest BCUT2D eigenvalue weighted by Gasteiger charge is -2.45. The highest BCUT2D eigenvalue weighted by atomic mass is 16.4. The Kier molecular flexibility index (Phi) is 3.47. The molecule has 6 heteroatoms. The average molecular weight is 291 g/mol. The molecule has 1 aromatic heterocycles. The second-order valence-electron chi connectivity index (χ2n) is 6.35. The summed E-state index contributed by atoms with van der Waals surface area (Å²) in [6.07, 6.45) is 3.81. The first-order valence-electron chi connectivity index (χ1n) is 7.51. The van der Waals surface area contributed by atoms with E-state index in [4.69, 9.17) is 0 Å². The fraction of sp³-hybridized carbons (Fsp3) is 0.667. The minimum atomic E-state index is -0.832. The van der Waals surface area contributed by atoms with Crippen LogP contribution in [0.2, 0.25) is 0 Å². The van der Waals surface area contributed by atoms with E-state index in [1.54, 1.807) is 10.7 Å². The summed E-state index contributed by atoms with van der Waals surface area (Å²) in [4.78, 5) is 24.1. The number of amides is 1. The molecule has 21 heavy (non-hydrogen) atoms. The van der Waals surface area contributed by atoms with Crippen molar-refractivity contribution in [2.24, 2.45) is 30.7 Å². The van der Waals surface area contributed by atoms with Crippen LogP contribution in [-0.4, -0.2) is 26.8 Å². The Morgan fingerprint density at radius 3 is 2.29 bits per heavy atom. The monoisotopic (exact) mass is 291 g/mol. The fourth-order valence-electron chi connectivity index (χ4n) is 4.01. The Hall–Kier alpha value is -1.85.